The van der Waals surface area contributed by atoms with Gasteiger partial charge in [0.1, 0.15) is 0 Å². The van der Waals surface area contributed by atoms with Crippen LogP contribution < -0.4 is 5.32 Å². The van der Waals surface area contributed by atoms with E-state index in [0.717, 1.165) is 31.2 Å². The van der Waals surface area contributed by atoms with Gasteiger partial charge in [0.05, 0.1) is 0 Å². The first-order valence-corrected chi connectivity index (χ1v) is 8.34. The van der Waals surface area contributed by atoms with Crippen LogP contribution in [0.25, 0.3) is 0 Å². The Balaban J connectivity index is 1.68. The van der Waals surface area contributed by atoms with E-state index in [9.17, 15) is 0 Å². The lowest BCUT2D eigenvalue weighted by atomic mass is 9.80. The Morgan fingerprint density at radius 2 is 1.95 bits per heavy atom. The van der Waals surface area contributed by atoms with Gasteiger partial charge in [-0.1, -0.05) is 48.5 Å². The second-order valence-corrected chi connectivity index (χ2v) is 7.06. The van der Waals surface area contributed by atoms with Gasteiger partial charge in [0, 0.05) is 41.8 Å². The predicted molar refractivity (Wildman–Crippen MR) is 85.6 cm³/mol. The highest BCUT2D eigenvalue weighted by Gasteiger charge is 2.35. The highest BCUT2D eigenvalue weighted by Crippen LogP contribution is 2.31. The molecule has 3 rings (SSSR count). The molecule has 1 N–H and O–H groups in total. The lowest BCUT2D eigenvalue weighted by molar-refractivity contribution is 0.0945. The maximum absolute atomic E-state index is 6.30. The number of nitrogens with zero attached hydrogens (tertiary/aromatic N) is 1. The van der Waals surface area contributed by atoms with E-state index < -0.39 is 0 Å². The second-order valence-electron chi connectivity index (χ2n) is 6.21. The van der Waals surface area contributed by atoms with Crippen molar-refractivity contribution >= 4 is 23.2 Å². The quantitative estimate of drug-likeness (QED) is 0.884. The van der Waals surface area contributed by atoms with Gasteiger partial charge in [-0.15, -0.1) is 0 Å². The monoisotopic (exact) mass is 312 g/mol. The average Bonchev–Trinajstić information content (AvgIpc) is 2.43. The minimum atomic E-state index is 0.357. The molecule has 20 heavy (non-hydrogen) atoms. The van der Waals surface area contributed by atoms with Crippen LogP contribution in [0, 0.1) is 0 Å². The molecule has 1 aromatic rings. The van der Waals surface area contributed by atoms with Gasteiger partial charge in [0.15, 0.2) is 0 Å². The van der Waals surface area contributed by atoms with Gasteiger partial charge in [-0.05, 0) is 30.5 Å². The molecule has 1 aliphatic heterocycles. The lowest BCUT2D eigenvalue weighted by Gasteiger charge is -2.46. The van der Waals surface area contributed by atoms with Crippen LogP contribution in [0.2, 0.25) is 10.0 Å². The molecular weight excluding hydrogens is 291 g/mol. The van der Waals surface area contributed by atoms with Crippen molar-refractivity contribution in [3.63, 3.8) is 0 Å². The topological polar surface area (TPSA) is 15.3 Å². The van der Waals surface area contributed by atoms with E-state index in [0.29, 0.717) is 10.6 Å². The van der Waals surface area contributed by atoms with Gasteiger partial charge in [-0.2, -0.15) is 0 Å². The van der Waals surface area contributed by atoms with Crippen molar-refractivity contribution in [2.24, 2.45) is 0 Å². The molecular formula is C16H22Cl2N2. The van der Waals surface area contributed by atoms with Gasteiger partial charge in [0.25, 0.3) is 0 Å². The first-order chi connectivity index (χ1) is 9.67. The van der Waals surface area contributed by atoms with Gasteiger partial charge < -0.3 is 5.32 Å². The van der Waals surface area contributed by atoms with Crippen molar-refractivity contribution in [1.29, 1.82) is 0 Å². The molecule has 0 aromatic heterocycles. The molecule has 0 amide bonds. The number of hydrogen-bond acceptors (Lipinski definition) is 2. The highest BCUT2D eigenvalue weighted by atomic mass is 35.5. The molecule has 110 valence electrons. The van der Waals surface area contributed by atoms with Gasteiger partial charge in [-0.3, -0.25) is 4.90 Å². The number of piperazine rings is 1. The SMILES string of the molecule is Clc1ccc(CN2CCNC3(CCCCC3)C2)c(Cl)c1. The van der Waals surface area contributed by atoms with Crippen molar-refractivity contribution in [1.82, 2.24) is 10.2 Å². The van der Waals surface area contributed by atoms with E-state index in [1.165, 1.54) is 37.7 Å². The zero-order chi connectivity index (χ0) is 14.0. The van der Waals surface area contributed by atoms with E-state index in [4.69, 9.17) is 23.2 Å². The second kappa shape index (κ2) is 6.23. The summed E-state index contributed by atoms with van der Waals surface area (Å²) in [4.78, 5) is 2.54. The summed E-state index contributed by atoms with van der Waals surface area (Å²) in [6.07, 6.45) is 6.76. The molecule has 1 aromatic carbocycles. The Labute approximate surface area is 131 Å². The van der Waals surface area contributed by atoms with Crippen LogP contribution in [-0.4, -0.2) is 30.1 Å². The van der Waals surface area contributed by atoms with E-state index >= 15 is 0 Å². The standard InChI is InChI=1S/C16H22Cl2N2/c17-14-5-4-13(15(18)10-14)11-20-9-8-19-16(12-20)6-2-1-3-7-16/h4-5,10,19H,1-3,6-9,11-12H2. The molecule has 1 aliphatic carbocycles. The molecule has 2 aliphatic rings. The third-order valence-electron chi connectivity index (χ3n) is 4.67. The van der Waals surface area contributed by atoms with E-state index in [1.807, 2.05) is 12.1 Å². The average molecular weight is 313 g/mol. The van der Waals surface area contributed by atoms with Crippen LogP contribution in [0.15, 0.2) is 18.2 Å². The fraction of sp³-hybridized carbons (Fsp3) is 0.625. The largest absolute Gasteiger partial charge is 0.309 e. The van der Waals surface area contributed by atoms with Crippen molar-refractivity contribution in [2.45, 2.75) is 44.2 Å². The fourth-order valence-electron chi connectivity index (χ4n) is 3.63. The molecule has 2 fully saturated rings. The minimum Gasteiger partial charge on any atom is -0.309 e. The normalized spacial score (nSPS) is 23.1. The molecule has 0 bridgehead atoms. The molecule has 0 unspecified atom stereocenters. The summed E-state index contributed by atoms with van der Waals surface area (Å²) >= 11 is 12.3. The Kier molecular flexibility index (Phi) is 4.56. The number of rotatable bonds is 2. The first kappa shape index (κ1) is 14.6. The minimum absolute atomic E-state index is 0.357. The summed E-state index contributed by atoms with van der Waals surface area (Å²) < 4.78 is 0. The van der Waals surface area contributed by atoms with Crippen LogP contribution in [0.4, 0.5) is 0 Å². The molecule has 4 heteroatoms. The Morgan fingerprint density at radius 1 is 1.15 bits per heavy atom. The van der Waals surface area contributed by atoms with E-state index in [-0.39, 0.29) is 0 Å². The molecule has 0 radical (unpaired) electrons. The number of benzene rings is 1. The maximum Gasteiger partial charge on any atom is 0.0465 e. The van der Waals surface area contributed by atoms with Gasteiger partial charge in [0.2, 0.25) is 0 Å². The predicted octanol–water partition coefficient (Wildman–Crippen LogP) is 4.10. The summed E-state index contributed by atoms with van der Waals surface area (Å²) in [5, 5.41) is 5.27. The summed E-state index contributed by atoms with van der Waals surface area (Å²) in [5.41, 5.74) is 1.54. The fourth-order valence-corrected chi connectivity index (χ4v) is 4.10. The molecule has 1 saturated heterocycles. The van der Waals surface area contributed by atoms with Crippen LogP contribution in [0.3, 0.4) is 0 Å². The van der Waals surface area contributed by atoms with Crippen molar-refractivity contribution in [3.05, 3.63) is 33.8 Å². The van der Waals surface area contributed by atoms with Gasteiger partial charge >= 0.3 is 0 Å². The smallest absolute Gasteiger partial charge is 0.0465 e. The zero-order valence-corrected chi connectivity index (χ0v) is 13.3. The van der Waals surface area contributed by atoms with E-state index in [1.54, 1.807) is 0 Å². The van der Waals surface area contributed by atoms with Crippen molar-refractivity contribution < 1.29 is 0 Å². The van der Waals surface area contributed by atoms with Crippen LogP contribution in [-0.2, 0) is 6.54 Å². The Hall–Kier alpha value is -0.280. The molecule has 1 heterocycles. The summed E-state index contributed by atoms with van der Waals surface area (Å²) in [6.45, 7) is 4.26. The van der Waals surface area contributed by atoms with Gasteiger partial charge in [-0.25, -0.2) is 0 Å². The lowest BCUT2D eigenvalue weighted by Crippen LogP contribution is -2.60. The Morgan fingerprint density at radius 3 is 2.70 bits per heavy atom. The summed E-state index contributed by atoms with van der Waals surface area (Å²) in [6, 6.07) is 5.83. The van der Waals surface area contributed by atoms with Crippen LogP contribution in [0.5, 0.6) is 0 Å². The molecule has 0 atom stereocenters. The zero-order valence-electron chi connectivity index (χ0n) is 11.8. The van der Waals surface area contributed by atoms with Crippen LogP contribution >= 0.6 is 23.2 Å². The third-order valence-corrected chi connectivity index (χ3v) is 5.26. The first-order valence-electron chi connectivity index (χ1n) is 7.58. The number of hydrogen-bond donors (Lipinski definition) is 1. The molecule has 2 nitrogen and oxygen atoms in total. The van der Waals surface area contributed by atoms with E-state index in [2.05, 4.69) is 16.3 Å². The third kappa shape index (κ3) is 3.30. The number of halogens is 2. The number of nitrogens with one attached hydrogen (secondary N) is 1. The maximum atomic E-state index is 6.30. The summed E-state index contributed by atoms with van der Waals surface area (Å²) in [5.74, 6) is 0. The van der Waals surface area contributed by atoms with Crippen molar-refractivity contribution in [3.8, 4) is 0 Å². The highest BCUT2D eigenvalue weighted by molar-refractivity contribution is 6.35. The summed E-state index contributed by atoms with van der Waals surface area (Å²) in [7, 11) is 0. The van der Waals surface area contributed by atoms with Crippen molar-refractivity contribution in [2.75, 3.05) is 19.6 Å². The van der Waals surface area contributed by atoms with Crippen LogP contribution in [0.1, 0.15) is 37.7 Å². The molecule has 1 spiro atoms. The Bertz CT molecular complexity index is 464. The molecule has 1 saturated carbocycles.